The summed E-state index contributed by atoms with van der Waals surface area (Å²) in [5, 5.41) is 2.88. The summed E-state index contributed by atoms with van der Waals surface area (Å²) in [6.07, 6.45) is 7.21. The molecule has 0 aromatic heterocycles. The molecule has 1 aromatic rings. The summed E-state index contributed by atoms with van der Waals surface area (Å²) in [6, 6.07) is 6.84. The number of ether oxygens (including phenoxy) is 3. The van der Waals surface area contributed by atoms with Crippen molar-refractivity contribution < 1.29 is 43.0 Å². The first-order valence-electron chi connectivity index (χ1n) is 19.2. The lowest BCUT2D eigenvalue weighted by molar-refractivity contribution is -0.155. The van der Waals surface area contributed by atoms with Crippen LogP contribution in [0.2, 0.25) is 0 Å². The number of hydrogen-bond acceptors (Lipinski definition) is 9. The van der Waals surface area contributed by atoms with Crippen molar-refractivity contribution in [3.05, 3.63) is 47.5 Å². The first-order valence-corrected chi connectivity index (χ1v) is 19.2. The molecule has 1 N–H and O–H groups in total. The van der Waals surface area contributed by atoms with Crippen molar-refractivity contribution in [1.82, 2.24) is 20.0 Å². The molecule has 0 aliphatic carbocycles. The summed E-state index contributed by atoms with van der Waals surface area (Å²) in [5.74, 6) is -2.29. The number of likely N-dealkylation sites (N-methyl/N-ethyl adjacent to an activating group) is 2. The number of benzene rings is 1. The van der Waals surface area contributed by atoms with Gasteiger partial charge < -0.3 is 34.2 Å². The molecular weight excluding hydrogens is 692 g/mol. The van der Waals surface area contributed by atoms with Crippen molar-refractivity contribution in [1.29, 1.82) is 0 Å². The average Bonchev–Trinajstić information content (AvgIpc) is 3.64. The third-order valence-corrected chi connectivity index (χ3v) is 9.88. The lowest BCUT2D eigenvalue weighted by Crippen LogP contribution is -2.55. The molecule has 0 bridgehead atoms. The van der Waals surface area contributed by atoms with Crippen molar-refractivity contribution in [2.75, 3.05) is 41.4 Å². The molecule has 54 heavy (non-hydrogen) atoms. The molecule has 13 nitrogen and oxygen atoms in total. The number of esters is 2. The van der Waals surface area contributed by atoms with Crippen LogP contribution in [-0.4, -0.2) is 122 Å². The highest BCUT2D eigenvalue weighted by molar-refractivity contribution is 5.94. The van der Waals surface area contributed by atoms with E-state index in [1.54, 1.807) is 14.2 Å². The number of carbonyl (C=O) groups excluding carboxylic acids is 6. The van der Waals surface area contributed by atoms with Gasteiger partial charge in [-0.25, -0.2) is 4.79 Å². The van der Waals surface area contributed by atoms with Crippen molar-refractivity contribution >= 4 is 35.6 Å². The van der Waals surface area contributed by atoms with E-state index < -0.39 is 35.9 Å². The summed E-state index contributed by atoms with van der Waals surface area (Å²) in [5.41, 5.74) is 1.80. The molecule has 1 aliphatic rings. The molecule has 1 fully saturated rings. The highest BCUT2D eigenvalue weighted by Crippen LogP contribution is 2.23. The van der Waals surface area contributed by atoms with Crippen LogP contribution < -0.4 is 5.32 Å². The summed E-state index contributed by atoms with van der Waals surface area (Å²) < 4.78 is 15.8. The summed E-state index contributed by atoms with van der Waals surface area (Å²) in [7, 11) is 6.01. The largest absolute Gasteiger partial charge is 0.467 e. The van der Waals surface area contributed by atoms with Gasteiger partial charge in [0.2, 0.25) is 23.6 Å². The van der Waals surface area contributed by atoms with Gasteiger partial charge in [-0.2, -0.15) is 0 Å². The number of carbonyl (C=O) groups is 6. The van der Waals surface area contributed by atoms with Gasteiger partial charge in [0.15, 0.2) is 0 Å². The highest BCUT2D eigenvalue weighted by atomic mass is 16.5. The average molecular weight is 757 g/mol. The topological polar surface area (TPSA) is 152 Å². The van der Waals surface area contributed by atoms with Gasteiger partial charge in [0.05, 0.1) is 19.8 Å². The Balaban J connectivity index is 2.12. The van der Waals surface area contributed by atoms with Gasteiger partial charge in [-0.05, 0) is 76.7 Å². The number of nitrogens with zero attached hydrogens (tertiary/aromatic N) is 3. The Kier molecular flexibility index (Phi) is 20.0. The standard InChI is InChI=1S/C41H64N4O9/c1-28(2)25-36(40(50)45-24-14-19-35(45)41(51)53-9)44(7)38(48)27-43(6)39(49)34(26-32-16-11-10-12-17-32)42-37(47)23-21-29(3)20-22-33(54-31(5)46)18-13-15-30(4)52-8/h10-12,16-17,21,28,30,33-36H,13-15,18-20,22-27H2,1-9H3,(H,42,47)/b29-21-/t30-,33-,34-,35-,36+/m0/s1. The third kappa shape index (κ3) is 15.6. The van der Waals surface area contributed by atoms with Gasteiger partial charge >= 0.3 is 11.9 Å². The second-order valence-electron chi connectivity index (χ2n) is 14.9. The van der Waals surface area contributed by atoms with Gasteiger partial charge in [-0.1, -0.05) is 55.8 Å². The van der Waals surface area contributed by atoms with E-state index in [4.69, 9.17) is 14.2 Å². The van der Waals surface area contributed by atoms with E-state index in [2.05, 4.69) is 5.32 Å². The molecule has 1 aromatic carbocycles. The van der Waals surface area contributed by atoms with Gasteiger partial charge in [-0.3, -0.25) is 24.0 Å². The fourth-order valence-electron chi connectivity index (χ4n) is 6.61. The SMILES string of the molecule is COC(=O)[C@@H]1CCCN1C(=O)[C@@H](CC(C)C)N(C)C(=O)CN(C)C(=O)[C@H](Cc1ccccc1)NC(=O)C/C=C(/C)CC[C@H](CCC[C@H](C)OC)OC(C)=O. The predicted molar refractivity (Wildman–Crippen MR) is 206 cm³/mol. The molecule has 1 heterocycles. The Labute approximate surface area is 322 Å². The highest BCUT2D eigenvalue weighted by Gasteiger charge is 2.40. The Hall–Kier alpha value is -4.26. The van der Waals surface area contributed by atoms with E-state index in [0.29, 0.717) is 38.6 Å². The zero-order valence-electron chi connectivity index (χ0n) is 33.9. The van der Waals surface area contributed by atoms with E-state index in [1.165, 1.54) is 35.8 Å². The van der Waals surface area contributed by atoms with Crippen LogP contribution in [0.4, 0.5) is 0 Å². The zero-order valence-corrected chi connectivity index (χ0v) is 33.9. The number of amides is 4. The number of allylic oxidation sites excluding steroid dienone is 1. The summed E-state index contributed by atoms with van der Waals surface area (Å²) in [6.45, 7) is 9.31. The van der Waals surface area contributed by atoms with Gasteiger partial charge in [0.1, 0.15) is 24.2 Å². The maximum Gasteiger partial charge on any atom is 0.328 e. The molecule has 0 radical (unpaired) electrons. The minimum Gasteiger partial charge on any atom is -0.467 e. The van der Waals surface area contributed by atoms with Crippen LogP contribution in [0.25, 0.3) is 0 Å². The van der Waals surface area contributed by atoms with Crippen molar-refractivity contribution in [2.24, 2.45) is 5.92 Å². The fourth-order valence-corrected chi connectivity index (χ4v) is 6.61. The first kappa shape index (κ1) is 45.9. The third-order valence-electron chi connectivity index (χ3n) is 9.88. The van der Waals surface area contributed by atoms with E-state index >= 15 is 0 Å². The molecule has 4 amide bonds. The van der Waals surface area contributed by atoms with Gasteiger partial charge in [-0.15, -0.1) is 0 Å². The smallest absolute Gasteiger partial charge is 0.328 e. The van der Waals surface area contributed by atoms with Gasteiger partial charge in [0.25, 0.3) is 0 Å². The Morgan fingerprint density at radius 2 is 1.67 bits per heavy atom. The second-order valence-corrected chi connectivity index (χ2v) is 14.9. The van der Waals surface area contributed by atoms with Crippen molar-refractivity contribution in [3.63, 3.8) is 0 Å². The van der Waals surface area contributed by atoms with Crippen LogP contribution in [0.15, 0.2) is 42.0 Å². The minimum absolute atomic E-state index is 0.0431. The summed E-state index contributed by atoms with van der Waals surface area (Å²) in [4.78, 5) is 82.8. The molecule has 13 heteroatoms. The first-order chi connectivity index (χ1) is 25.6. The zero-order chi connectivity index (χ0) is 40.4. The molecule has 2 rings (SSSR count). The van der Waals surface area contributed by atoms with E-state index in [-0.39, 0.29) is 55.3 Å². The molecule has 0 saturated carbocycles. The number of nitrogens with one attached hydrogen (secondary N) is 1. The molecule has 0 spiro atoms. The maximum atomic E-state index is 13.9. The molecule has 1 aliphatic heterocycles. The molecule has 0 unspecified atom stereocenters. The number of methoxy groups -OCH3 is 2. The van der Waals surface area contributed by atoms with Crippen molar-refractivity contribution in [2.45, 2.75) is 129 Å². The molecular formula is C41H64N4O9. The number of hydrogen-bond donors (Lipinski definition) is 1. The molecule has 302 valence electrons. The number of likely N-dealkylation sites (tertiary alicyclic amines) is 1. The quantitative estimate of drug-likeness (QED) is 0.134. The molecule has 5 atom stereocenters. The fraction of sp³-hybridized carbons (Fsp3) is 0.659. The summed E-state index contributed by atoms with van der Waals surface area (Å²) >= 11 is 0. The maximum absolute atomic E-state index is 13.9. The Morgan fingerprint density at radius 3 is 2.28 bits per heavy atom. The second kappa shape index (κ2) is 23.5. The Bertz CT molecular complexity index is 1420. The van der Waals surface area contributed by atoms with Crippen LogP contribution in [0, 0.1) is 5.92 Å². The van der Waals surface area contributed by atoms with Crippen LogP contribution in [0.5, 0.6) is 0 Å². The van der Waals surface area contributed by atoms with E-state index in [9.17, 15) is 28.8 Å². The van der Waals surface area contributed by atoms with Crippen LogP contribution in [0.1, 0.15) is 98.0 Å². The van der Waals surface area contributed by atoms with Crippen LogP contribution in [-0.2, 0) is 49.4 Å². The lowest BCUT2D eigenvalue weighted by atomic mass is 10.0. The van der Waals surface area contributed by atoms with E-state index in [1.807, 2.05) is 64.1 Å². The van der Waals surface area contributed by atoms with Gasteiger partial charge in [0, 0.05) is 47.5 Å². The normalized spacial score (nSPS) is 16.6. The van der Waals surface area contributed by atoms with Crippen molar-refractivity contribution in [3.8, 4) is 0 Å². The number of rotatable bonds is 22. The monoisotopic (exact) mass is 756 g/mol. The molecule has 1 saturated heterocycles. The van der Waals surface area contributed by atoms with E-state index in [0.717, 1.165) is 30.4 Å². The predicted octanol–water partition coefficient (Wildman–Crippen LogP) is 4.46. The minimum atomic E-state index is -0.946. The lowest BCUT2D eigenvalue weighted by Gasteiger charge is -2.34. The van der Waals surface area contributed by atoms with Crippen LogP contribution >= 0.6 is 0 Å². The Morgan fingerprint density at radius 1 is 0.981 bits per heavy atom. The van der Waals surface area contributed by atoms with Crippen LogP contribution in [0.3, 0.4) is 0 Å².